The Hall–Kier alpha value is -1.79. The first-order valence-electron chi connectivity index (χ1n) is 8.66. The fourth-order valence-corrected chi connectivity index (χ4v) is 3.41. The quantitative estimate of drug-likeness (QED) is 0.775. The number of hydrogen-bond donors (Lipinski definition) is 3. The molecule has 2 heterocycles. The lowest BCUT2D eigenvalue weighted by atomic mass is 9.88. The highest BCUT2D eigenvalue weighted by Crippen LogP contribution is 2.36. The molecule has 0 radical (unpaired) electrons. The number of carbonyl (C=O) groups excluding carboxylic acids is 1. The molecule has 6 nitrogen and oxygen atoms in total. The van der Waals surface area contributed by atoms with Crippen LogP contribution in [0.2, 0.25) is 0 Å². The van der Waals surface area contributed by atoms with Gasteiger partial charge in [0.2, 0.25) is 0 Å². The zero-order valence-corrected chi connectivity index (χ0v) is 14.3. The van der Waals surface area contributed by atoms with E-state index in [2.05, 4.69) is 10.6 Å². The van der Waals surface area contributed by atoms with Crippen LogP contribution in [0.5, 0.6) is 11.5 Å². The molecule has 1 unspecified atom stereocenters. The predicted octanol–water partition coefficient (Wildman–Crippen LogP) is 1.25. The van der Waals surface area contributed by atoms with Gasteiger partial charge in [-0.1, -0.05) is 6.07 Å². The fourth-order valence-electron chi connectivity index (χ4n) is 3.41. The number of ether oxygens (including phenoxy) is 2. The summed E-state index contributed by atoms with van der Waals surface area (Å²) < 4.78 is 11.5. The van der Waals surface area contributed by atoms with Gasteiger partial charge in [0.15, 0.2) is 11.5 Å². The van der Waals surface area contributed by atoms with Crippen molar-refractivity contribution in [3.05, 3.63) is 23.3 Å². The van der Waals surface area contributed by atoms with Crippen LogP contribution in [0.1, 0.15) is 35.7 Å². The third-order valence-electron chi connectivity index (χ3n) is 4.84. The van der Waals surface area contributed by atoms with Gasteiger partial charge in [-0.05, 0) is 38.4 Å². The summed E-state index contributed by atoms with van der Waals surface area (Å²) in [4.78, 5) is 12.8. The van der Waals surface area contributed by atoms with Gasteiger partial charge in [0.05, 0.1) is 24.9 Å². The van der Waals surface area contributed by atoms with Crippen molar-refractivity contribution in [2.75, 3.05) is 26.3 Å². The summed E-state index contributed by atoms with van der Waals surface area (Å²) in [7, 11) is 0. The Morgan fingerprint density at radius 3 is 2.83 bits per heavy atom. The summed E-state index contributed by atoms with van der Waals surface area (Å²) in [5.41, 5.74) is 1.46. The molecule has 132 valence electrons. The number of hydrogen-bond acceptors (Lipinski definition) is 5. The molecular weight excluding hydrogens is 308 g/mol. The third-order valence-corrected chi connectivity index (χ3v) is 4.84. The average molecular weight is 334 g/mol. The van der Waals surface area contributed by atoms with Crippen molar-refractivity contribution in [3.63, 3.8) is 0 Å². The van der Waals surface area contributed by atoms with Crippen molar-refractivity contribution >= 4 is 5.91 Å². The summed E-state index contributed by atoms with van der Waals surface area (Å²) in [6, 6.07) is 3.55. The van der Waals surface area contributed by atoms with Gasteiger partial charge in [0.1, 0.15) is 0 Å². The molecule has 24 heavy (non-hydrogen) atoms. The van der Waals surface area contributed by atoms with Gasteiger partial charge in [-0.15, -0.1) is 0 Å². The Morgan fingerprint density at radius 1 is 1.33 bits per heavy atom. The summed E-state index contributed by atoms with van der Waals surface area (Å²) in [5.74, 6) is 1.06. The van der Waals surface area contributed by atoms with E-state index in [0.29, 0.717) is 36.8 Å². The molecule has 0 spiro atoms. The highest BCUT2D eigenvalue weighted by atomic mass is 16.5. The maximum absolute atomic E-state index is 12.8. The number of fused-ring (bicyclic) bond motifs is 1. The molecule has 1 fully saturated rings. The van der Waals surface area contributed by atoms with E-state index in [1.54, 1.807) is 6.07 Å². The SMILES string of the molecule is Cc1ccc(C(=O)NC(C)[C@@H]2CCNC[C@H]2O)c2c1OCCCO2. The second-order valence-electron chi connectivity index (χ2n) is 6.62. The van der Waals surface area contributed by atoms with Crippen molar-refractivity contribution < 1.29 is 19.4 Å². The van der Waals surface area contributed by atoms with Crippen LogP contribution in [0.3, 0.4) is 0 Å². The lowest BCUT2D eigenvalue weighted by Gasteiger charge is -2.33. The maximum Gasteiger partial charge on any atom is 0.255 e. The second kappa shape index (κ2) is 7.40. The average Bonchev–Trinajstić information content (AvgIpc) is 2.82. The summed E-state index contributed by atoms with van der Waals surface area (Å²) in [6.07, 6.45) is 1.20. The van der Waals surface area contributed by atoms with E-state index in [1.807, 2.05) is 19.9 Å². The van der Waals surface area contributed by atoms with Gasteiger partial charge < -0.3 is 25.2 Å². The minimum atomic E-state index is -0.441. The molecule has 0 aliphatic carbocycles. The predicted molar refractivity (Wildman–Crippen MR) is 90.7 cm³/mol. The van der Waals surface area contributed by atoms with Crippen molar-refractivity contribution in [2.24, 2.45) is 5.92 Å². The number of nitrogens with one attached hydrogen (secondary N) is 2. The Morgan fingerprint density at radius 2 is 2.08 bits per heavy atom. The van der Waals surface area contributed by atoms with Crippen LogP contribution < -0.4 is 20.1 Å². The van der Waals surface area contributed by atoms with E-state index in [-0.39, 0.29) is 17.9 Å². The maximum atomic E-state index is 12.8. The minimum absolute atomic E-state index is 0.0522. The van der Waals surface area contributed by atoms with E-state index in [9.17, 15) is 9.90 Å². The van der Waals surface area contributed by atoms with Gasteiger partial charge in [0, 0.05) is 24.9 Å². The molecule has 0 bridgehead atoms. The molecule has 3 atom stereocenters. The highest BCUT2D eigenvalue weighted by molar-refractivity contribution is 5.98. The van der Waals surface area contributed by atoms with Crippen molar-refractivity contribution in [1.29, 1.82) is 0 Å². The smallest absolute Gasteiger partial charge is 0.255 e. The number of piperidine rings is 1. The summed E-state index contributed by atoms with van der Waals surface area (Å²) >= 11 is 0. The van der Waals surface area contributed by atoms with Crippen LogP contribution in [0.25, 0.3) is 0 Å². The van der Waals surface area contributed by atoms with E-state index >= 15 is 0 Å². The number of aliphatic hydroxyl groups excluding tert-OH is 1. The van der Waals surface area contributed by atoms with E-state index in [1.165, 1.54) is 0 Å². The first-order chi connectivity index (χ1) is 11.6. The topological polar surface area (TPSA) is 79.8 Å². The molecule has 0 saturated carbocycles. The number of carbonyl (C=O) groups is 1. The van der Waals surface area contributed by atoms with Crippen LogP contribution >= 0.6 is 0 Å². The van der Waals surface area contributed by atoms with E-state index in [4.69, 9.17) is 9.47 Å². The Labute approximate surface area is 142 Å². The standard InChI is InChI=1S/C18H26N2O4/c1-11-4-5-14(17-16(11)23-8-3-9-24-17)18(22)20-12(2)13-6-7-19-10-15(13)21/h4-5,12-13,15,19,21H,3,6-10H2,1-2H3,(H,20,22)/t12?,13-,15+/m0/s1. The number of benzene rings is 1. The van der Waals surface area contributed by atoms with Crippen LogP contribution in [0, 0.1) is 12.8 Å². The number of rotatable bonds is 3. The normalized spacial score (nSPS) is 24.8. The number of aliphatic hydroxyl groups is 1. The molecule has 1 aromatic carbocycles. The number of aryl methyl sites for hydroxylation is 1. The van der Waals surface area contributed by atoms with Gasteiger partial charge in [-0.2, -0.15) is 0 Å². The van der Waals surface area contributed by atoms with Gasteiger partial charge in [-0.3, -0.25) is 4.79 Å². The van der Waals surface area contributed by atoms with Gasteiger partial charge in [-0.25, -0.2) is 0 Å². The molecule has 3 rings (SSSR count). The van der Waals surface area contributed by atoms with Crippen LogP contribution in [0.4, 0.5) is 0 Å². The monoisotopic (exact) mass is 334 g/mol. The molecular formula is C18H26N2O4. The third kappa shape index (κ3) is 3.49. The first kappa shape index (κ1) is 17.0. The zero-order chi connectivity index (χ0) is 17.1. The number of amides is 1. The van der Waals surface area contributed by atoms with Crippen molar-refractivity contribution in [2.45, 2.75) is 38.8 Å². The second-order valence-corrected chi connectivity index (χ2v) is 6.62. The molecule has 2 aliphatic heterocycles. The first-order valence-corrected chi connectivity index (χ1v) is 8.66. The lowest BCUT2D eigenvalue weighted by Crippen LogP contribution is -2.50. The molecule has 6 heteroatoms. The lowest BCUT2D eigenvalue weighted by molar-refractivity contribution is 0.0590. The molecule has 3 N–H and O–H groups in total. The van der Waals surface area contributed by atoms with Gasteiger partial charge in [0.25, 0.3) is 5.91 Å². The van der Waals surface area contributed by atoms with Crippen molar-refractivity contribution in [3.8, 4) is 11.5 Å². The molecule has 1 saturated heterocycles. The zero-order valence-electron chi connectivity index (χ0n) is 14.3. The Kier molecular flexibility index (Phi) is 5.26. The Bertz CT molecular complexity index is 605. The minimum Gasteiger partial charge on any atom is -0.489 e. The largest absolute Gasteiger partial charge is 0.489 e. The van der Waals surface area contributed by atoms with Crippen LogP contribution in [-0.4, -0.2) is 49.5 Å². The molecule has 0 aromatic heterocycles. The van der Waals surface area contributed by atoms with E-state index in [0.717, 1.165) is 24.9 Å². The highest BCUT2D eigenvalue weighted by Gasteiger charge is 2.30. The Balaban J connectivity index is 1.77. The van der Waals surface area contributed by atoms with Crippen LogP contribution in [-0.2, 0) is 0 Å². The molecule has 1 amide bonds. The summed E-state index contributed by atoms with van der Waals surface area (Å²) in [5, 5.41) is 16.3. The van der Waals surface area contributed by atoms with Crippen LogP contribution in [0.15, 0.2) is 12.1 Å². The summed E-state index contributed by atoms with van der Waals surface area (Å²) in [6.45, 7) is 6.46. The van der Waals surface area contributed by atoms with E-state index < -0.39 is 6.10 Å². The van der Waals surface area contributed by atoms with Crippen molar-refractivity contribution in [1.82, 2.24) is 10.6 Å². The molecule has 2 aliphatic rings. The van der Waals surface area contributed by atoms with Gasteiger partial charge >= 0.3 is 0 Å². The fraction of sp³-hybridized carbons (Fsp3) is 0.611. The molecule has 1 aromatic rings. The number of β-amino-alcohol motifs (C(OH)–C–C–N with tert-alkyl or cyclic N) is 1.